The highest BCUT2D eigenvalue weighted by atomic mass is 79.9. The summed E-state index contributed by atoms with van der Waals surface area (Å²) in [5, 5.41) is 8.56. The molecule has 0 heterocycles. The lowest BCUT2D eigenvalue weighted by atomic mass is 10.2. The van der Waals surface area contributed by atoms with Gasteiger partial charge in [0.15, 0.2) is 5.11 Å². The molecule has 25 heavy (non-hydrogen) atoms. The largest absolute Gasteiger partial charge is 0.332 e. The predicted octanol–water partition coefficient (Wildman–Crippen LogP) is 4.17. The van der Waals surface area contributed by atoms with E-state index in [1.807, 2.05) is 13.8 Å². The minimum Gasteiger partial charge on any atom is -0.332 e. The fourth-order valence-corrected chi connectivity index (χ4v) is 2.34. The minimum atomic E-state index is -0.286. The molecule has 5 nitrogen and oxygen atoms in total. The average molecular weight is 420 g/mol. The number of halogens is 1. The van der Waals surface area contributed by atoms with Gasteiger partial charge in [-0.25, -0.2) is 0 Å². The van der Waals surface area contributed by atoms with E-state index in [0.29, 0.717) is 16.9 Å². The first-order valence-electron chi connectivity index (χ1n) is 7.64. The number of benzene rings is 2. The molecule has 0 aliphatic heterocycles. The van der Waals surface area contributed by atoms with E-state index in [4.69, 9.17) is 12.2 Å². The molecule has 130 valence electrons. The Morgan fingerprint density at radius 2 is 1.44 bits per heavy atom. The molecule has 0 radical (unpaired) electrons. The number of rotatable bonds is 4. The number of amides is 2. The second-order valence-electron chi connectivity index (χ2n) is 5.64. The van der Waals surface area contributed by atoms with Crippen LogP contribution in [0.3, 0.4) is 0 Å². The van der Waals surface area contributed by atoms with Crippen LogP contribution in [-0.2, 0) is 4.79 Å². The van der Waals surface area contributed by atoms with E-state index in [-0.39, 0.29) is 22.8 Å². The van der Waals surface area contributed by atoms with Crippen molar-refractivity contribution in [3.8, 4) is 0 Å². The van der Waals surface area contributed by atoms with E-state index >= 15 is 0 Å². The Hall–Kier alpha value is -2.25. The molecular formula is C18H18BrN3O2S. The molecule has 2 amide bonds. The topological polar surface area (TPSA) is 70.2 Å². The minimum absolute atomic E-state index is 0.0435. The van der Waals surface area contributed by atoms with Crippen molar-refractivity contribution >= 4 is 56.4 Å². The van der Waals surface area contributed by atoms with Gasteiger partial charge in [-0.3, -0.25) is 14.9 Å². The smallest absolute Gasteiger partial charge is 0.257 e. The highest BCUT2D eigenvalue weighted by Crippen LogP contribution is 2.15. The zero-order chi connectivity index (χ0) is 18.4. The van der Waals surface area contributed by atoms with Gasteiger partial charge in [0.05, 0.1) is 0 Å². The zero-order valence-corrected chi connectivity index (χ0v) is 16.2. The maximum atomic E-state index is 12.1. The maximum absolute atomic E-state index is 12.1. The molecule has 0 saturated heterocycles. The van der Waals surface area contributed by atoms with Crippen LogP contribution in [0.2, 0.25) is 0 Å². The van der Waals surface area contributed by atoms with Crippen molar-refractivity contribution in [1.29, 1.82) is 0 Å². The van der Waals surface area contributed by atoms with Crippen LogP contribution in [0.4, 0.5) is 11.4 Å². The molecular weight excluding hydrogens is 402 g/mol. The molecule has 0 spiro atoms. The van der Waals surface area contributed by atoms with Gasteiger partial charge in [0, 0.05) is 27.3 Å². The summed E-state index contributed by atoms with van der Waals surface area (Å²) < 4.78 is 0.898. The van der Waals surface area contributed by atoms with Gasteiger partial charge in [-0.15, -0.1) is 0 Å². The van der Waals surface area contributed by atoms with Gasteiger partial charge in [-0.2, -0.15) is 0 Å². The standard InChI is InChI=1S/C18H18BrN3O2S/c1-11(2)16(23)20-14-7-9-15(10-8-14)21-18(25)22-17(24)12-3-5-13(19)6-4-12/h3-11H,1-2H3,(H,20,23)(H2,21,22,24,25). The molecule has 0 fully saturated rings. The molecule has 0 unspecified atom stereocenters. The van der Waals surface area contributed by atoms with Crippen molar-refractivity contribution in [3.63, 3.8) is 0 Å². The Morgan fingerprint density at radius 1 is 0.920 bits per heavy atom. The van der Waals surface area contributed by atoms with E-state index in [9.17, 15) is 9.59 Å². The highest BCUT2D eigenvalue weighted by Gasteiger charge is 2.09. The number of hydrogen-bond acceptors (Lipinski definition) is 3. The Labute approximate surface area is 160 Å². The first-order chi connectivity index (χ1) is 11.8. The van der Waals surface area contributed by atoms with Gasteiger partial charge < -0.3 is 10.6 Å². The molecule has 0 aromatic heterocycles. The van der Waals surface area contributed by atoms with Crippen molar-refractivity contribution in [2.24, 2.45) is 5.92 Å². The van der Waals surface area contributed by atoms with Crippen LogP contribution in [0.1, 0.15) is 24.2 Å². The van der Waals surface area contributed by atoms with Gasteiger partial charge in [0.1, 0.15) is 0 Å². The van der Waals surface area contributed by atoms with Crippen molar-refractivity contribution < 1.29 is 9.59 Å². The van der Waals surface area contributed by atoms with Gasteiger partial charge in [0.25, 0.3) is 5.91 Å². The molecule has 7 heteroatoms. The van der Waals surface area contributed by atoms with E-state index in [0.717, 1.165) is 4.47 Å². The summed E-state index contributed by atoms with van der Waals surface area (Å²) in [4.78, 5) is 23.7. The first kappa shape index (κ1) is 19.1. The van der Waals surface area contributed by atoms with Crippen LogP contribution in [0.5, 0.6) is 0 Å². The van der Waals surface area contributed by atoms with Crippen LogP contribution >= 0.6 is 28.1 Å². The quantitative estimate of drug-likeness (QED) is 0.650. The number of hydrogen-bond donors (Lipinski definition) is 3. The predicted molar refractivity (Wildman–Crippen MR) is 108 cm³/mol. The lowest BCUT2D eigenvalue weighted by molar-refractivity contribution is -0.118. The average Bonchev–Trinajstić information content (AvgIpc) is 2.57. The van der Waals surface area contributed by atoms with E-state index in [2.05, 4.69) is 31.9 Å². The normalized spacial score (nSPS) is 10.2. The van der Waals surface area contributed by atoms with Gasteiger partial charge in [0.2, 0.25) is 5.91 Å². The maximum Gasteiger partial charge on any atom is 0.257 e. The van der Waals surface area contributed by atoms with E-state index < -0.39 is 0 Å². The zero-order valence-electron chi connectivity index (χ0n) is 13.8. The van der Waals surface area contributed by atoms with Crippen molar-refractivity contribution in [1.82, 2.24) is 5.32 Å². The summed E-state index contributed by atoms with van der Waals surface area (Å²) in [6.07, 6.45) is 0. The van der Waals surface area contributed by atoms with Crippen molar-refractivity contribution in [2.75, 3.05) is 10.6 Å². The third-order valence-corrected chi connectivity index (χ3v) is 4.00. The number of thiocarbonyl (C=S) groups is 1. The van der Waals surface area contributed by atoms with Gasteiger partial charge in [-0.1, -0.05) is 29.8 Å². The number of nitrogens with one attached hydrogen (secondary N) is 3. The fourth-order valence-electron chi connectivity index (χ4n) is 1.86. The lowest BCUT2D eigenvalue weighted by Gasteiger charge is -2.11. The van der Waals surface area contributed by atoms with E-state index in [1.165, 1.54) is 0 Å². The van der Waals surface area contributed by atoms with Gasteiger partial charge in [-0.05, 0) is 60.7 Å². The summed E-state index contributed by atoms with van der Waals surface area (Å²) in [5.74, 6) is -0.414. The molecule has 0 aliphatic carbocycles. The number of anilines is 2. The monoisotopic (exact) mass is 419 g/mol. The summed E-state index contributed by atoms with van der Waals surface area (Å²) in [7, 11) is 0. The van der Waals surface area contributed by atoms with Crippen LogP contribution in [0.25, 0.3) is 0 Å². The van der Waals surface area contributed by atoms with Crippen LogP contribution in [0, 0.1) is 5.92 Å². The fraction of sp³-hybridized carbons (Fsp3) is 0.167. The molecule has 2 aromatic carbocycles. The van der Waals surface area contributed by atoms with Crippen LogP contribution in [0.15, 0.2) is 53.0 Å². The summed E-state index contributed by atoms with van der Waals surface area (Å²) in [6.45, 7) is 3.66. The van der Waals surface area contributed by atoms with E-state index in [1.54, 1.807) is 48.5 Å². The Balaban J connectivity index is 1.91. The molecule has 0 saturated carbocycles. The first-order valence-corrected chi connectivity index (χ1v) is 8.84. The third-order valence-electron chi connectivity index (χ3n) is 3.27. The molecule has 0 atom stereocenters. The molecule has 2 rings (SSSR count). The molecule has 0 aliphatic rings. The van der Waals surface area contributed by atoms with Crippen LogP contribution < -0.4 is 16.0 Å². The third kappa shape index (κ3) is 5.95. The second kappa shape index (κ2) is 8.73. The second-order valence-corrected chi connectivity index (χ2v) is 6.96. The highest BCUT2D eigenvalue weighted by molar-refractivity contribution is 9.10. The van der Waals surface area contributed by atoms with Crippen LogP contribution in [-0.4, -0.2) is 16.9 Å². The lowest BCUT2D eigenvalue weighted by Crippen LogP contribution is -2.34. The van der Waals surface area contributed by atoms with Crippen molar-refractivity contribution in [2.45, 2.75) is 13.8 Å². The molecule has 0 bridgehead atoms. The Bertz CT molecular complexity index is 774. The Kier molecular flexibility index (Phi) is 6.66. The Morgan fingerprint density at radius 3 is 1.96 bits per heavy atom. The van der Waals surface area contributed by atoms with Gasteiger partial charge >= 0.3 is 0 Å². The SMILES string of the molecule is CC(C)C(=O)Nc1ccc(NC(=S)NC(=O)c2ccc(Br)cc2)cc1. The molecule has 3 N–H and O–H groups in total. The summed E-state index contributed by atoms with van der Waals surface area (Å²) >= 11 is 8.48. The number of carbonyl (C=O) groups is 2. The number of carbonyl (C=O) groups excluding carboxylic acids is 2. The summed E-state index contributed by atoms with van der Waals surface area (Å²) in [5.41, 5.74) is 1.93. The molecule has 2 aromatic rings. The van der Waals surface area contributed by atoms with Crippen molar-refractivity contribution in [3.05, 3.63) is 58.6 Å². The summed E-state index contributed by atoms with van der Waals surface area (Å²) in [6, 6.07) is 14.1.